The van der Waals surface area contributed by atoms with Crippen LogP contribution in [0.1, 0.15) is 10.8 Å². The number of rotatable bonds is 1. The van der Waals surface area contributed by atoms with Crippen LogP contribution in [0.2, 0.25) is 0 Å². The molecule has 1 aromatic rings. The van der Waals surface area contributed by atoms with E-state index in [1.165, 1.54) is 0 Å². The van der Waals surface area contributed by atoms with Crippen molar-refractivity contribution in [3.8, 4) is 0 Å². The third-order valence-electron chi connectivity index (χ3n) is 1.97. The summed E-state index contributed by atoms with van der Waals surface area (Å²) in [6, 6.07) is 7.82. The molecule has 1 aliphatic heterocycles. The van der Waals surface area contributed by atoms with Crippen molar-refractivity contribution in [3.63, 3.8) is 0 Å². The monoisotopic (exact) mass is 179 g/mol. The number of carbonyl (C=O) groups excluding carboxylic acids is 1. The number of anilines is 1. The van der Waals surface area contributed by atoms with Crippen molar-refractivity contribution in [2.75, 3.05) is 11.6 Å². The molecule has 0 spiro atoms. The van der Waals surface area contributed by atoms with E-state index in [1.54, 1.807) is 11.8 Å². The molecule has 62 valence electrons. The van der Waals surface area contributed by atoms with Gasteiger partial charge in [-0.25, -0.2) is 0 Å². The van der Waals surface area contributed by atoms with Gasteiger partial charge in [-0.3, -0.25) is 4.79 Å². The number of amides is 1. The molecule has 0 fully saturated rings. The second-order valence-electron chi connectivity index (χ2n) is 2.69. The Bertz CT molecular complexity index is 324. The number of para-hydroxylation sites is 1. The zero-order valence-corrected chi connectivity index (χ0v) is 7.52. The minimum Gasteiger partial charge on any atom is -0.325 e. The highest BCUT2D eigenvalue weighted by Crippen LogP contribution is 2.38. The van der Waals surface area contributed by atoms with Gasteiger partial charge in [0.15, 0.2) is 0 Å². The summed E-state index contributed by atoms with van der Waals surface area (Å²) in [7, 11) is 0. The fraction of sp³-hybridized carbons (Fsp3) is 0.222. The highest BCUT2D eigenvalue weighted by Gasteiger charge is 2.28. The normalized spacial score (nSPS) is 20.4. The molecule has 1 N–H and O–H groups in total. The Labute approximate surface area is 75.4 Å². The van der Waals surface area contributed by atoms with Gasteiger partial charge in [0, 0.05) is 5.69 Å². The first-order valence-electron chi connectivity index (χ1n) is 3.75. The summed E-state index contributed by atoms with van der Waals surface area (Å²) in [5.41, 5.74) is 2.07. The molecule has 0 saturated heterocycles. The van der Waals surface area contributed by atoms with E-state index in [9.17, 15) is 4.79 Å². The van der Waals surface area contributed by atoms with Crippen LogP contribution < -0.4 is 5.32 Å². The van der Waals surface area contributed by atoms with Gasteiger partial charge in [0.05, 0.1) is 0 Å². The number of fused-ring (bicyclic) bond motifs is 1. The topological polar surface area (TPSA) is 29.1 Å². The van der Waals surface area contributed by atoms with Gasteiger partial charge in [-0.05, 0) is 17.9 Å². The van der Waals surface area contributed by atoms with E-state index in [0.717, 1.165) is 11.3 Å². The molecule has 0 aromatic heterocycles. The molecular weight excluding hydrogens is 170 g/mol. The molecule has 0 aliphatic carbocycles. The van der Waals surface area contributed by atoms with Gasteiger partial charge in [0.2, 0.25) is 5.91 Å². The standard InChI is InChI=1S/C9H9NOS/c1-12-8-6-4-2-3-5-7(6)10-9(8)11/h2-5,8H,1H3,(H,10,11)/t8-/m0/s1. The van der Waals surface area contributed by atoms with Gasteiger partial charge in [-0.1, -0.05) is 18.2 Å². The van der Waals surface area contributed by atoms with Gasteiger partial charge in [0.1, 0.15) is 5.25 Å². The smallest absolute Gasteiger partial charge is 0.242 e. The van der Waals surface area contributed by atoms with E-state index in [-0.39, 0.29) is 11.2 Å². The van der Waals surface area contributed by atoms with Crippen LogP contribution in [0.15, 0.2) is 24.3 Å². The third-order valence-corrected chi connectivity index (χ3v) is 2.91. The number of benzene rings is 1. The SMILES string of the molecule is CS[C@@H]1C(=O)Nc2ccccc21. The minimum atomic E-state index is -0.0128. The van der Waals surface area contributed by atoms with Gasteiger partial charge < -0.3 is 5.32 Å². The lowest BCUT2D eigenvalue weighted by atomic mass is 10.2. The average molecular weight is 179 g/mol. The number of hydrogen-bond donors (Lipinski definition) is 1. The highest BCUT2D eigenvalue weighted by molar-refractivity contribution is 7.99. The second kappa shape index (κ2) is 2.83. The maximum Gasteiger partial charge on any atom is 0.242 e. The number of carbonyl (C=O) groups is 1. The van der Waals surface area contributed by atoms with E-state index in [2.05, 4.69) is 5.32 Å². The van der Waals surface area contributed by atoms with Crippen molar-refractivity contribution in [1.29, 1.82) is 0 Å². The lowest BCUT2D eigenvalue weighted by Gasteiger charge is -2.02. The Morgan fingerprint density at radius 1 is 1.42 bits per heavy atom. The van der Waals surface area contributed by atoms with Gasteiger partial charge >= 0.3 is 0 Å². The molecule has 1 atom stereocenters. The summed E-state index contributed by atoms with van der Waals surface area (Å²) in [5.74, 6) is 0.101. The van der Waals surface area contributed by atoms with Crippen LogP contribution in [-0.4, -0.2) is 12.2 Å². The Balaban J connectivity index is 2.47. The molecule has 3 heteroatoms. The number of nitrogens with one attached hydrogen (secondary N) is 1. The predicted molar refractivity (Wildman–Crippen MR) is 51.3 cm³/mol. The molecule has 0 radical (unpaired) electrons. The van der Waals surface area contributed by atoms with E-state index in [0.29, 0.717) is 0 Å². The first-order valence-corrected chi connectivity index (χ1v) is 5.04. The predicted octanol–water partition coefficient (Wildman–Crippen LogP) is 2.04. The van der Waals surface area contributed by atoms with Gasteiger partial charge in [-0.15, -0.1) is 11.8 Å². The molecule has 1 amide bonds. The average Bonchev–Trinajstić information content (AvgIpc) is 2.40. The number of hydrogen-bond acceptors (Lipinski definition) is 2. The van der Waals surface area contributed by atoms with Crippen molar-refractivity contribution < 1.29 is 4.79 Å². The fourth-order valence-electron chi connectivity index (χ4n) is 1.41. The quantitative estimate of drug-likeness (QED) is 0.714. The van der Waals surface area contributed by atoms with Crippen LogP contribution in [0, 0.1) is 0 Å². The lowest BCUT2D eigenvalue weighted by molar-refractivity contribution is -0.115. The maximum absolute atomic E-state index is 11.3. The maximum atomic E-state index is 11.3. The first-order chi connectivity index (χ1) is 5.83. The largest absolute Gasteiger partial charge is 0.325 e. The summed E-state index contributed by atoms with van der Waals surface area (Å²) in [6.07, 6.45) is 1.95. The molecule has 0 saturated carbocycles. The Morgan fingerprint density at radius 3 is 2.92 bits per heavy atom. The molecule has 2 nitrogen and oxygen atoms in total. The van der Waals surface area contributed by atoms with Crippen molar-refractivity contribution in [1.82, 2.24) is 0 Å². The summed E-state index contributed by atoms with van der Waals surface area (Å²) < 4.78 is 0. The van der Waals surface area contributed by atoms with Gasteiger partial charge in [-0.2, -0.15) is 0 Å². The molecule has 1 aliphatic rings. The van der Waals surface area contributed by atoms with Crippen LogP contribution in [0.4, 0.5) is 5.69 Å². The van der Waals surface area contributed by atoms with Crippen LogP contribution in [0.5, 0.6) is 0 Å². The molecular formula is C9H9NOS. The summed E-state index contributed by atoms with van der Waals surface area (Å²) in [4.78, 5) is 11.3. The minimum absolute atomic E-state index is 0.0128. The zero-order valence-electron chi connectivity index (χ0n) is 6.70. The molecule has 0 unspecified atom stereocenters. The van der Waals surface area contributed by atoms with Crippen LogP contribution in [0.25, 0.3) is 0 Å². The van der Waals surface area contributed by atoms with E-state index in [1.807, 2.05) is 30.5 Å². The van der Waals surface area contributed by atoms with Crippen LogP contribution in [0.3, 0.4) is 0 Å². The number of thioether (sulfide) groups is 1. The zero-order chi connectivity index (χ0) is 8.55. The summed E-state index contributed by atoms with van der Waals surface area (Å²) in [5, 5.41) is 2.83. The van der Waals surface area contributed by atoms with Crippen LogP contribution >= 0.6 is 11.8 Å². The molecule has 1 aromatic carbocycles. The molecule has 12 heavy (non-hydrogen) atoms. The second-order valence-corrected chi connectivity index (χ2v) is 3.64. The van der Waals surface area contributed by atoms with Crippen LogP contribution in [-0.2, 0) is 4.79 Å². The Morgan fingerprint density at radius 2 is 2.17 bits per heavy atom. The Kier molecular flexibility index (Phi) is 1.81. The van der Waals surface area contributed by atoms with Crippen molar-refractivity contribution >= 4 is 23.4 Å². The van der Waals surface area contributed by atoms with Crippen molar-refractivity contribution in [3.05, 3.63) is 29.8 Å². The Hall–Kier alpha value is -0.960. The molecule has 0 bridgehead atoms. The van der Waals surface area contributed by atoms with E-state index >= 15 is 0 Å². The molecule has 1 heterocycles. The van der Waals surface area contributed by atoms with E-state index in [4.69, 9.17) is 0 Å². The fourth-order valence-corrected chi connectivity index (χ4v) is 2.15. The summed E-state index contributed by atoms with van der Waals surface area (Å²) >= 11 is 1.57. The first kappa shape index (κ1) is 7.68. The van der Waals surface area contributed by atoms with Crippen molar-refractivity contribution in [2.45, 2.75) is 5.25 Å². The highest BCUT2D eigenvalue weighted by atomic mass is 32.2. The molecule has 2 rings (SSSR count). The summed E-state index contributed by atoms with van der Waals surface area (Å²) in [6.45, 7) is 0. The van der Waals surface area contributed by atoms with Crippen molar-refractivity contribution in [2.24, 2.45) is 0 Å². The van der Waals surface area contributed by atoms with Gasteiger partial charge in [0.25, 0.3) is 0 Å². The van der Waals surface area contributed by atoms with E-state index < -0.39 is 0 Å². The lowest BCUT2D eigenvalue weighted by Crippen LogP contribution is -2.08. The third kappa shape index (κ3) is 1.01.